The molecule has 0 fully saturated rings. The van der Waals surface area contributed by atoms with Crippen molar-refractivity contribution in [2.45, 2.75) is 39.3 Å². The van der Waals surface area contributed by atoms with Crippen LogP contribution < -0.4 is 14.8 Å². The summed E-state index contributed by atoms with van der Waals surface area (Å²) in [6.07, 6.45) is 0.831. The van der Waals surface area contributed by atoms with Crippen LogP contribution in [0.2, 0.25) is 0 Å². The number of para-hydroxylation sites is 1. The van der Waals surface area contributed by atoms with Gasteiger partial charge in [-0.25, -0.2) is 4.79 Å². The second-order valence-corrected chi connectivity index (χ2v) is 4.63. The molecule has 1 atom stereocenters. The maximum atomic E-state index is 12.0. The molecular weight excluding hydrogens is 270 g/mol. The monoisotopic (exact) mass is 295 g/mol. The zero-order valence-electron chi connectivity index (χ0n) is 13.3. The molecule has 1 aromatic carbocycles. The quantitative estimate of drug-likeness (QED) is 0.709. The SMILES string of the molecule is CCCC(Oc1c(CNC)cccc1OC)C(=O)OCC. The molecule has 0 radical (unpaired) electrons. The lowest BCUT2D eigenvalue weighted by Crippen LogP contribution is -2.30. The van der Waals surface area contributed by atoms with Crippen LogP contribution in [-0.4, -0.2) is 32.8 Å². The number of benzene rings is 1. The summed E-state index contributed by atoms with van der Waals surface area (Å²) in [5.74, 6) is 0.884. The summed E-state index contributed by atoms with van der Waals surface area (Å²) in [5.41, 5.74) is 0.947. The molecule has 118 valence electrons. The summed E-state index contributed by atoms with van der Waals surface area (Å²) in [4.78, 5) is 12.0. The van der Waals surface area contributed by atoms with Crippen LogP contribution in [0.4, 0.5) is 0 Å². The zero-order chi connectivity index (χ0) is 15.7. The van der Waals surface area contributed by atoms with Gasteiger partial charge in [0.1, 0.15) is 0 Å². The van der Waals surface area contributed by atoms with Gasteiger partial charge < -0.3 is 19.5 Å². The van der Waals surface area contributed by atoms with Crippen molar-refractivity contribution in [3.8, 4) is 11.5 Å². The van der Waals surface area contributed by atoms with Crippen molar-refractivity contribution in [1.29, 1.82) is 0 Å². The number of ether oxygens (including phenoxy) is 3. The second-order valence-electron chi connectivity index (χ2n) is 4.63. The van der Waals surface area contributed by atoms with E-state index in [0.717, 1.165) is 12.0 Å². The van der Waals surface area contributed by atoms with Gasteiger partial charge in [-0.2, -0.15) is 0 Å². The number of rotatable bonds is 9. The Morgan fingerprint density at radius 3 is 2.67 bits per heavy atom. The van der Waals surface area contributed by atoms with Crippen molar-refractivity contribution in [3.05, 3.63) is 23.8 Å². The highest BCUT2D eigenvalue weighted by atomic mass is 16.6. The van der Waals surface area contributed by atoms with Gasteiger partial charge in [-0.3, -0.25) is 0 Å². The number of methoxy groups -OCH3 is 1. The Labute approximate surface area is 126 Å². The Morgan fingerprint density at radius 1 is 1.33 bits per heavy atom. The fourth-order valence-corrected chi connectivity index (χ4v) is 2.05. The van der Waals surface area contributed by atoms with E-state index >= 15 is 0 Å². The van der Waals surface area contributed by atoms with Gasteiger partial charge in [-0.05, 0) is 26.5 Å². The molecule has 5 nitrogen and oxygen atoms in total. The van der Waals surface area contributed by atoms with E-state index < -0.39 is 6.10 Å². The highest BCUT2D eigenvalue weighted by Gasteiger charge is 2.23. The summed E-state index contributed by atoms with van der Waals surface area (Å²) < 4.78 is 16.4. The molecule has 0 spiro atoms. The Hall–Kier alpha value is -1.75. The van der Waals surface area contributed by atoms with Gasteiger partial charge in [0.05, 0.1) is 13.7 Å². The van der Waals surface area contributed by atoms with E-state index in [0.29, 0.717) is 31.1 Å². The summed E-state index contributed by atoms with van der Waals surface area (Å²) in [5, 5.41) is 3.08. The molecule has 1 N–H and O–H groups in total. The molecule has 5 heteroatoms. The Balaban J connectivity index is 3.03. The molecule has 1 aromatic rings. The van der Waals surface area contributed by atoms with Crippen LogP contribution >= 0.6 is 0 Å². The fraction of sp³-hybridized carbons (Fsp3) is 0.562. The average molecular weight is 295 g/mol. The van der Waals surface area contributed by atoms with Gasteiger partial charge in [0.2, 0.25) is 0 Å². The molecule has 1 unspecified atom stereocenters. The summed E-state index contributed by atoms with van der Waals surface area (Å²) >= 11 is 0. The number of hydrogen-bond donors (Lipinski definition) is 1. The van der Waals surface area contributed by atoms with Gasteiger partial charge in [-0.15, -0.1) is 0 Å². The maximum Gasteiger partial charge on any atom is 0.347 e. The lowest BCUT2D eigenvalue weighted by Gasteiger charge is -2.21. The number of carbonyl (C=O) groups is 1. The predicted molar refractivity (Wildman–Crippen MR) is 81.7 cm³/mol. The Kier molecular flexibility index (Phi) is 7.61. The van der Waals surface area contributed by atoms with Crippen molar-refractivity contribution < 1.29 is 19.0 Å². The van der Waals surface area contributed by atoms with E-state index in [-0.39, 0.29) is 5.97 Å². The molecule has 0 aromatic heterocycles. The van der Waals surface area contributed by atoms with Crippen LogP contribution in [0.3, 0.4) is 0 Å². The molecule has 21 heavy (non-hydrogen) atoms. The van der Waals surface area contributed by atoms with E-state index in [1.807, 2.05) is 32.2 Å². The van der Waals surface area contributed by atoms with E-state index in [1.54, 1.807) is 14.0 Å². The Morgan fingerprint density at radius 2 is 2.10 bits per heavy atom. The third kappa shape index (κ3) is 4.93. The summed E-state index contributed by atoms with van der Waals surface area (Å²) in [6.45, 7) is 4.77. The molecule has 0 heterocycles. The first-order valence-electron chi connectivity index (χ1n) is 7.31. The molecule has 0 bridgehead atoms. The average Bonchev–Trinajstić information content (AvgIpc) is 2.48. The zero-order valence-corrected chi connectivity index (χ0v) is 13.3. The van der Waals surface area contributed by atoms with Crippen LogP contribution in [0.25, 0.3) is 0 Å². The first kappa shape index (κ1) is 17.3. The van der Waals surface area contributed by atoms with Crippen molar-refractivity contribution >= 4 is 5.97 Å². The van der Waals surface area contributed by atoms with Gasteiger partial charge in [0.25, 0.3) is 0 Å². The normalized spacial score (nSPS) is 11.8. The fourth-order valence-electron chi connectivity index (χ4n) is 2.05. The summed E-state index contributed by atoms with van der Waals surface area (Å²) in [6, 6.07) is 5.67. The molecule has 1 rings (SSSR count). The highest BCUT2D eigenvalue weighted by Crippen LogP contribution is 2.32. The Bertz CT molecular complexity index is 448. The van der Waals surface area contributed by atoms with E-state index in [9.17, 15) is 4.79 Å². The van der Waals surface area contributed by atoms with Crippen LogP contribution in [0, 0.1) is 0 Å². The lowest BCUT2D eigenvalue weighted by atomic mass is 10.1. The number of hydrogen-bond acceptors (Lipinski definition) is 5. The van der Waals surface area contributed by atoms with Gasteiger partial charge in [0, 0.05) is 12.1 Å². The minimum absolute atomic E-state index is 0.333. The van der Waals surface area contributed by atoms with Gasteiger partial charge in [0.15, 0.2) is 17.6 Å². The first-order chi connectivity index (χ1) is 10.2. The predicted octanol–water partition coefficient (Wildman–Crippen LogP) is 2.53. The minimum Gasteiger partial charge on any atom is -0.493 e. The van der Waals surface area contributed by atoms with Crippen molar-refractivity contribution in [2.24, 2.45) is 0 Å². The van der Waals surface area contributed by atoms with E-state index in [1.165, 1.54) is 0 Å². The largest absolute Gasteiger partial charge is 0.493 e. The van der Waals surface area contributed by atoms with Crippen molar-refractivity contribution in [2.75, 3.05) is 20.8 Å². The van der Waals surface area contributed by atoms with Crippen LogP contribution in [0.5, 0.6) is 11.5 Å². The van der Waals surface area contributed by atoms with Gasteiger partial charge in [-0.1, -0.05) is 25.5 Å². The third-order valence-corrected chi connectivity index (χ3v) is 3.01. The molecule has 0 aliphatic rings. The highest BCUT2D eigenvalue weighted by molar-refractivity contribution is 5.75. The topological polar surface area (TPSA) is 56.8 Å². The number of nitrogens with one attached hydrogen (secondary N) is 1. The molecular formula is C16H25NO4. The van der Waals surface area contributed by atoms with Crippen molar-refractivity contribution in [3.63, 3.8) is 0 Å². The number of carbonyl (C=O) groups excluding carboxylic acids is 1. The van der Waals surface area contributed by atoms with Crippen LogP contribution in [0.1, 0.15) is 32.3 Å². The van der Waals surface area contributed by atoms with Crippen LogP contribution in [0.15, 0.2) is 18.2 Å². The van der Waals surface area contributed by atoms with Crippen molar-refractivity contribution in [1.82, 2.24) is 5.32 Å². The smallest absolute Gasteiger partial charge is 0.347 e. The van der Waals surface area contributed by atoms with Crippen LogP contribution in [-0.2, 0) is 16.1 Å². The van der Waals surface area contributed by atoms with E-state index in [4.69, 9.17) is 14.2 Å². The molecule has 0 aliphatic heterocycles. The minimum atomic E-state index is -0.609. The molecule has 0 aliphatic carbocycles. The standard InChI is InChI=1S/C16H25NO4/c1-5-8-14(16(18)20-6-2)21-15-12(11-17-3)9-7-10-13(15)19-4/h7,9-10,14,17H,5-6,8,11H2,1-4H3. The second kappa shape index (κ2) is 9.23. The number of esters is 1. The molecule has 0 saturated carbocycles. The first-order valence-corrected chi connectivity index (χ1v) is 7.31. The molecule has 0 saturated heterocycles. The van der Waals surface area contributed by atoms with E-state index in [2.05, 4.69) is 5.32 Å². The third-order valence-electron chi connectivity index (χ3n) is 3.01. The molecule has 0 amide bonds. The lowest BCUT2D eigenvalue weighted by molar-refractivity contribution is -0.151. The summed E-state index contributed by atoms with van der Waals surface area (Å²) in [7, 11) is 3.45. The maximum absolute atomic E-state index is 12.0. The van der Waals surface area contributed by atoms with Gasteiger partial charge >= 0.3 is 5.97 Å².